The second-order valence-corrected chi connectivity index (χ2v) is 7.18. The molecule has 0 amide bonds. The fourth-order valence-corrected chi connectivity index (χ4v) is 4.76. The van der Waals surface area contributed by atoms with Crippen LogP contribution in [-0.4, -0.2) is 39.2 Å². The average molecular weight is 353 g/mol. The predicted molar refractivity (Wildman–Crippen MR) is 93.5 cm³/mol. The number of hydrogen-bond acceptors (Lipinski definition) is 6. The Morgan fingerprint density at radius 3 is 2.73 bits per heavy atom. The normalized spacial score (nSPS) is 21.4. The Morgan fingerprint density at radius 1 is 1.04 bits per heavy atom. The second kappa shape index (κ2) is 4.98. The number of nitrogens with zero attached hydrogens (tertiary/aromatic N) is 1. The van der Waals surface area contributed by atoms with Crippen molar-refractivity contribution in [1.29, 1.82) is 0 Å². The monoisotopic (exact) mass is 353 g/mol. The van der Waals surface area contributed by atoms with Crippen LogP contribution in [0, 0.1) is 0 Å². The van der Waals surface area contributed by atoms with Gasteiger partial charge in [0.25, 0.3) is 0 Å². The van der Waals surface area contributed by atoms with Crippen molar-refractivity contribution in [3.05, 3.63) is 28.8 Å². The minimum Gasteiger partial charge on any atom is -0.493 e. The summed E-state index contributed by atoms with van der Waals surface area (Å²) in [7, 11) is 3.85. The minimum absolute atomic E-state index is 0.229. The lowest BCUT2D eigenvalue weighted by Gasteiger charge is -2.40. The Balaban J connectivity index is 1.71. The Morgan fingerprint density at radius 2 is 1.85 bits per heavy atom. The molecule has 0 fully saturated rings. The highest BCUT2D eigenvalue weighted by atomic mass is 16.7. The van der Waals surface area contributed by atoms with Gasteiger partial charge in [0, 0.05) is 23.7 Å². The zero-order valence-electron chi connectivity index (χ0n) is 14.8. The van der Waals surface area contributed by atoms with Crippen LogP contribution in [-0.2, 0) is 12.8 Å². The first-order chi connectivity index (χ1) is 12.8. The summed E-state index contributed by atoms with van der Waals surface area (Å²) in [6.07, 6.45) is 1.91. The van der Waals surface area contributed by atoms with Crippen molar-refractivity contribution in [2.24, 2.45) is 0 Å². The molecule has 0 bridgehead atoms. The Labute approximate surface area is 151 Å². The summed E-state index contributed by atoms with van der Waals surface area (Å²) in [6.45, 7) is 1.53. The van der Waals surface area contributed by atoms with E-state index in [1.807, 2.05) is 0 Å². The van der Waals surface area contributed by atoms with Gasteiger partial charge in [-0.05, 0) is 48.7 Å². The zero-order chi connectivity index (χ0) is 17.4. The lowest BCUT2D eigenvalue weighted by molar-refractivity contribution is 0.169. The molecule has 2 aromatic carbocycles. The molecule has 3 aliphatic heterocycles. The molecule has 4 aliphatic rings. The van der Waals surface area contributed by atoms with E-state index in [4.69, 9.17) is 23.7 Å². The lowest BCUT2D eigenvalue weighted by atomic mass is 9.76. The van der Waals surface area contributed by atoms with Crippen LogP contribution in [0.25, 0.3) is 11.1 Å². The highest BCUT2D eigenvalue weighted by Crippen LogP contribution is 2.58. The highest BCUT2D eigenvalue weighted by Gasteiger charge is 2.40. The first kappa shape index (κ1) is 14.6. The molecule has 0 aromatic heterocycles. The number of hydrogen-bond donors (Lipinski definition) is 0. The molecule has 6 nitrogen and oxygen atoms in total. The maximum absolute atomic E-state index is 5.90. The van der Waals surface area contributed by atoms with Gasteiger partial charge in [0.1, 0.15) is 0 Å². The topological polar surface area (TPSA) is 49.4 Å². The highest BCUT2D eigenvalue weighted by molar-refractivity contribution is 5.87. The first-order valence-electron chi connectivity index (χ1n) is 8.91. The summed E-state index contributed by atoms with van der Waals surface area (Å²) in [4.78, 5) is 2.42. The van der Waals surface area contributed by atoms with E-state index in [9.17, 15) is 0 Å². The van der Waals surface area contributed by atoms with Crippen molar-refractivity contribution in [3.63, 3.8) is 0 Å². The van der Waals surface area contributed by atoms with Crippen molar-refractivity contribution < 1.29 is 23.7 Å². The number of ether oxygens (including phenoxy) is 5. The van der Waals surface area contributed by atoms with E-state index < -0.39 is 0 Å². The van der Waals surface area contributed by atoms with Crippen molar-refractivity contribution >= 4 is 0 Å². The van der Waals surface area contributed by atoms with Gasteiger partial charge in [-0.2, -0.15) is 0 Å². The number of methoxy groups -OCH3 is 1. The van der Waals surface area contributed by atoms with Gasteiger partial charge in [0.05, 0.1) is 7.11 Å². The van der Waals surface area contributed by atoms with Crippen LogP contribution < -0.4 is 23.7 Å². The molecule has 3 heterocycles. The van der Waals surface area contributed by atoms with Gasteiger partial charge in [-0.15, -0.1) is 0 Å². The van der Waals surface area contributed by atoms with Crippen LogP contribution in [0.2, 0.25) is 0 Å². The van der Waals surface area contributed by atoms with Crippen LogP contribution >= 0.6 is 0 Å². The van der Waals surface area contributed by atoms with Gasteiger partial charge in [0.15, 0.2) is 23.0 Å². The molecule has 0 N–H and O–H groups in total. The van der Waals surface area contributed by atoms with E-state index >= 15 is 0 Å². The number of benzene rings is 2. The lowest BCUT2D eigenvalue weighted by Crippen LogP contribution is -2.35. The van der Waals surface area contributed by atoms with Gasteiger partial charge in [-0.25, -0.2) is 0 Å². The van der Waals surface area contributed by atoms with E-state index in [0.717, 1.165) is 47.8 Å². The van der Waals surface area contributed by atoms with Gasteiger partial charge >= 0.3 is 0 Å². The maximum Gasteiger partial charge on any atom is 0.231 e. The third-order valence-corrected chi connectivity index (χ3v) is 5.99. The van der Waals surface area contributed by atoms with Gasteiger partial charge in [-0.1, -0.05) is 0 Å². The van der Waals surface area contributed by atoms with Crippen molar-refractivity contribution in [2.75, 3.05) is 34.3 Å². The SMILES string of the molecule is COc1cc2c(c3c1OCO3)C[C@H]1c3c(cc4c(c3-2)OCO4)CCN1C. The fraction of sp³-hybridized carbons (Fsp3) is 0.400. The minimum atomic E-state index is 0.229. The van der Waals surface area contributed by atoms with E-state index in [1.165, 1.54) is 16.7 Å². The number of fused-ring (bicyclic) bond motifs is 6. The molecule has 0 saturated carbocycles. The Hall–Kier alpha value is -2.60. The third kappa shape index (κ3) is 1.70. The van der Waals surface area contributed by atoms with Crippen LogP contribution in [0.1, 0.15) is 22.7 Å². The van der Waals surface area contributed by atoms with Gasteiger partial charge in [-0.3, -0.25) is 4.90 Å². The summed E-state index contributed by atoms with van der Waals surface area (Å²) in [5.41, 5.74) is 6.12. The largest absolute Gasteiger partial charge is 0.493 e. The fourth-order valence-electron chi connectivity index (χ4n) is 4.76. The van der Waals surface area contributed by atoms with E-state index in [2.05, 4.69) is 24.1 Å². The van der Waals surface area contributed by atoms with E-state index in [-0.39, 0.29) is 13.6 Å². The Bertz CT molecular complexity index is 954. The molecule has 0 saturated heterocycles. The smallest absolute Gasteiger partial charge is 0.231 e. The maximum atomic E-state index is 5.90. The van der Waals surface area contributed by atoms with Crippen molar-refractivity contribution in [3.8, 4) is 39.9 Å². The van der Waals surface area contributed by atoms with Crippen molar-refractivity contribution in [1.82, 2.24) is 4.90 Å². The van der Waals surface area contributed by atoms with Crippen LogP contribution in [0.3, 0.4) is 0 Å². The molecule has 26 heavy (non-hydrogen) atoms. The predicted octanol–water partition coefficient (Wildman–Crippen LogP) is 2.90. The molecular formula is C20H19NO5. The first-order valence-corrected chi connectivity index (χ1v) is 8.91. The van der Waals surface area contributed by atoms with Crippen molar-refractivity contribution in [2.45, 2.75) is 18.9 Å². The molecule has 1 aliphatic carbocycles. The molecule has 6 rings (SSSR count). The molecule has 0 unspecified atom stereocenters. The van der Waals surface area contributed by atoms with Gasteiger partial charge in [0.2, 0.25) is 19.3 Å². The quantitative estimate of drug-likeness (QED) is 0.786. The standard InChI is InChI=1S/C20H19NO5/c1-21-4-3-10-5-15-19(25-8-23-15)17-11-7-14(22-2)20-18(24-9-26-20)12(11)6-13(21)16(10)17/h5,7,13H,3-4,6,8-9H2,1-2H3/t13-/m0/s1. The second-order valence-electron chi connectivity index (χ2n) is 7.18. The Kier molecular flexibility index (Phi) is 2.79. The third-order valence-electron chi connectivity index (χ3n) is 5.99. The number of likely N-dealkylation sites (N-methyl/N-ethyl adjacent to an activating group) is 1. The summed E-state index contributed by atoms with van der Waals surface area (Å²) >= 11 is 0. The summed E-state index contributed by atoms with van der Waals surface area (Å²) in [5, 5.41) is 0. The molecular weight excluding hydrogens is 334 g/mol. The molecule has 1 atom stereocenters. The summed E-state index contributed by atoms with van der Waals surface area (Å²) in [6, 6.07) is 4.53. The molecule has 0 spiro atoms. The summed E-state index contributed by atoms with van der Waals surface area (Å²) in [5.74, 6) is 3.89. The van der Waals surface area contributed by atoms with Crippen LogP contribution in [0.5, 0.6) is 28.7 Å². The molecule has 134 valence electrons. The zero-order valence-corrected chi connectivity index (χ0v) is 14.8. The van der Waals surface area contributed by atoms with Crippen LogP contribution in [0.15, 0.2) is 12.1 Å². The molecule has 0 radical (unpaired) electrons. The average Bonchev–Trinajstić information content (AvgIpc) is 3.32. The van der Waals surface area contributed by atoms with E-state index in [1.54, 1.807) is 7.11 Å². The van der Waals surface area contributed by atoms with Crippen LogP contribution in [0.4, 0.5) is 0 Å². The number of rotatable bonds is 1. The summed E-state index contributed by atoms with van der Waals surface area (Å²) < 4.78 is 28.8. The molecule has 2 aromatic rings. The van der Waals surface area contributed by atoms with E-state index in [0.29, 0.717) is 17.5 Å². The molecule has 6 heteroatoms. The van der Waals surface area contributed by atoms with Gasteiger partial charge < -0.3 is 23.7 Å².